The van der Waals surface area contributed by atoms with Gasteiger partial charge in [-0.25, -0.2) is 9.59 Å². The van der Waals surface area contributed by atoms with Gasteiger partial charge < -0.3 is 14.2 Å². The van der Waals surface area contributed by atoms with Gasteiger partial charge in [-0.15, -0.1) is 0 Å². The average Bonchev–Trinajstić information content (AvgIpc) is 2.66. The van der Waals surface area contributed by atoms with E-state index in [1.165, 1.54) is 49.4 Å². The molecule has 8 nitrogen and oxygen atoms in total. The molecule has 1 unspecified atom stereocenters. The van der Waals surface area contributed by atoms with Crippen molar-refractivity contribution >= 4 is 17.6 Å². The first-order valence-electron chi connectivity index (χ1n) is 8.67. The summed E-state index contributed by atoms with van der Waals surface area (Å²) >= 11 is 0. The SMILES string of the molecule is CC(C)COC(=O)c1ccc(OC(=O)C(C)Oc2ccccc2[N+](=O)[O-])cc1. The number of carbonyl (C=O) groups is 2. The monoisotopic (exact) mass is 387 g/mol. The van der Waals surface area contributed by atoms with E-state index in [2.05, 4.69) is 0 Å². The Balaban J connectivity index is 1.97. The summed E-state index contributed by atoms with van der Waals surface area (Å²) in [6, 6.07) is 11.6. The molecule has 0 aliphatic heterocycles. The molecule has 0 aromatic heterocycles. The van der Waals surface area contributed by atoms with Crippen LogP contribution in [-0.4, -0.2) is 29.6 Å². The summed E-state index contributed by atoms with van der Waals surface area (Å²) in [6.07, 6.45) is -1.07. The minimum atomic E-state index is -1.07. The lowest BCUT2D eigenvalue weighted by Crippen LogP contribution is -2.28. The molecular weight excluding hydrogens is 366 g/mol. The molecular formula is C20H21NO7. The average molecular weight is 387 g/mol. The Hall–Kier alpha value is -3.42. The van der Waals surface area contributed by atoms with E-state index in [-0.39, 0.29) is 23.1 Å². The summed E-state index contributed by atoms with van der Waals surface area (Å²) in [6.45, 7) is 5.61. The highest BCUT2D eigenvalue weighted by atomic mass is 16.6. The fourth-order valence-corrected chi connectivity index (χ4v) is 2.13. The molecule has 2 rings (SSSR count). The van der Waals surface area contributed by atoms with E-state index < -0.39 is 23.0 Å². The second kappa shape index (κ2) is 9.50. The Morgan fingerprint density at radius 1 is 1.04 bits per heavy atom. The molecule has 0 N–H and O–H groups in total. The zero-order chi connectivity index (χ0) is 20.7. The van der Waals surface area contributed by atoms with Crippen LogP contribution in [0.2, 0.25) is 0 Å². The van der Waals surface area contributed by atoms with Gasteiger partial charge >= 0.3 is 17.6 Å². The van der Waals surface area contributed by atoms with Gasteiger partial charge in [-0.3, -0.25) is 10.1 Å². The largest absolute Gasteiger partial charge is 0.472 e. The van der Waals surface area contributed by atoms with Crippen molar-refractivity contribution in [2.24, 2.45) is 5.92 Å². The van der Waals surface area contributed by atoms with Crippen molar-refractivity contribution < 1.29 is 28.7 Å². The van der Waals surface area contributed by atoms with Crippen molar-refractivity contribution in [3.8, 4) is 11.5 Å². The molecule has 148 valence electrons. The molecule has 28 heavy (non-hydrogen) atoms. The molecule has 0 bridgehead atoms. The predicted octanol–water partition coefficient (Wildman–Crippen LogP) is 3.78. The molecule has 0 aliphatic carbocycles. The van der Waals surface area contributed by atoms with Crippen LogP contribution in [0.1, 0.15) is 31.1 Å². The highest BCUT2D eigenvalue weighted by Crippen LogP contribution is 2.27. The quantitative estimate of drug-likeness (QED) is 0.294. The number of nitrogens with zero attached hydrogens (tertiary/aromatic N) is 1. The molecule has 0 fully saturated rings. The highest BCUT2D eigenvalue weighted by molar-refractivity contribution is 5.89. The number of hydrogen-bond donors (Lipinski definition) is 0. The van der Waals surface area contributed by atoms with Crippen LogP contribution in [0.4, 0.5) is 5.69 Å². The van der Waals surface area contributed by atoms with E-state index in [1.54, 1.807) is 6.07 Å². The van der Waals surface area contributed by atoms with Gasteiger partial charge in [-0.2, -0.15) is 0 Å². The first kappa shape index (κ1) is 20.9. The number of esters is 2. The first-order chi connectivity index (χ1) is 13.3. The summed E-state index contributed by atoms with van der Waals surface area (Å²) in [5.41, 5.74) is 0.0936. The van der Waals surface area contributed by atoms with Gasteiger partial charge in [0, 0.05) is 6.07 Å². The van der Waals surface area contributed by atoms with Gasteiger partial charge in [-0.05, 0) is 43.2 Å². The van der Waals surface area contributed by atoms with Gasteiger partial charge in [0.25, 0.3) is 0 Å². The minimum absolute atomic E-state index is 0.0276. The highest BCUT2D eigenvalue weighted by Gasteiger charge is 2.22. The number of para-hydroxylation sites is 2. The predicted molar refractivity (Wildman–Crippen MR) is 100 cm³/mol. The molecule has 0 amide bonds. The zero-order valence-electron chi connectivity index (χ0n) is 15.8. The second-order valence-electron chi connectivity index (χ2n) is 6.42. The van der Waals surface area contributed by atoms with Crippen molar-refractivity contribution in [3.63, 3.8) is 0 Å². The van der Waals surface area contributed by atoms with E-state index in [9.17, 15) is 19.7 Å². The van der Waals surface area contributed by atoms with E-state index in [1.807, 2.05) is 13.8 Å². The smallest absolute Gasteiger partial charge is 0.352 e. The lowest BCUT2D eigenvalue weighted by molar-refractivity contribution is -0.386. The molecule has 0 aliphatic rings. The fraction of sp³-hybridized carbons (Fsp3) is 0.300. The lowest BCUT2D eigenvalue weighted by Gasteiger charge is -2.14. The molecule has 2 aromatic rings. The summed E-state index contributed by atoms with van der Waals surface area (Å²) in [4.78, 5) is 34.5. The van der Waals surface area contributed by atoms with Gasteiger partial charge in [0.2, 0.25) is 0 Å². The van der Waals surface area contributed by atoms with Crippen LogP contribution in [0.15, 0.2) is 48.5 Å². The maximum Gasteiger partial charge on any atom is 0.352 e. The summed E-state index contributed by atoms with van der Waals surface area (Å²) < 4.78 is 15.7. The molecule has 8 heteroatoms. The standard InChI is InChI=1S/C20H21NO7/c1-13(2)12-26-20(23)15-8-10-16(11-9-15)28-19(22)14(3)27-18-7-5-4-6-17(18)21(24)25/h4-11,13-14H,12H2,1-3H3. The third-order valence-corrected chi connectivity index (χ3v) is 3.55. The third-order valence-electron chi connectivity index (χ3n) is 3.55. The van der Waals surface area contributed by atoms with E-state index in [0.29, 0.717) is 12.2 Å². The van der Waals surface area contributed by atoms with Crippen molar-refractivity contribution in [3.05, 3.63) is 64.2 Å². The Morgan fingerprint density at radius 2 is 1.68 bits per heavy atom. The molecule has 0 saturated heterocycles. The molecule has 1 atom stereocenters. The number of benzene rings is 2. The Morgan fingerprint density at radius 3 is 2.29 bits per heavy atom. The molecule has 0 heterocycles. The zero-order valence-corrected chi connectivity index (χ0v) is 15.8. The Kier molecular flexibility index (Phi) is 7.08. The van der Waals surface area contributed by atoms with Gasteiger partial charge in [-0.1, -0.05) is 26.0 Å². The van der Waals surface area contributed by atoms with Gasteiger partial charge in [0.1, 0.15) is 5.75 Å². The van der Waals surface area contributed by atoms with Crippen molar-refractivity contribution in [1.82, 2.24) is 0 Å². The van der Waals surface area contributed by atoms with Crippen LogP contribution in [-0.2, 0) is 9.53 Å². The molecule has 0 saturated carbocycles. The number of nitro benzene ring substituents is 1. The third kappa shape index (κ3) is 5.80. The van der Waals surface area contributed by atoms with E-state index >= 15 is 0 Å². The van der Waals surface area contributed by atoms with E-state index in [0.717, 1.165) is 0 Å². The maximum absolute atomic E-state index is 12.2. The lowest BCUT2D eigenvalue weighted by atomic mass is 10.2. The van der Waals surface area contributed by atoms with Crippen LogP contribution >= 0.6 is 0 Å². The van der Waals surface area contributed by atoms with Crippen LogP contribution in [0.3, 0.4) is 0 Å². The summed E-state index contributed by atoms with van der Waals surface area (Å²) in [7, 11) is 0. The van der Waals surface area contributed by atoms with E-state index in [4.69, 9.17) is 14.2 Å². The second-order valence-corrected chi connectivity index (χ2v) is 6.42. The number of rotatable bonds is 8. The number of ether oxygens (including phenoxy) is 3. The van der Waals surface area contributed by atoms with Crippen LogP contribution < -0.4 is 9.47 Å². The van der Waals surface area contributed by atoms with Gasteiger partial charge in [0.05, 0.1) is 17.1 Å². The Labute approximate surface area is 162 Å². The molecule has 2 aromatic carbocycles. The maximum atomic E-state index is 12.2. The Bertz CT molecular complexity index is 846. The first-order valence-corrected chi connectivity index (χ1v) is 8.67. The van der Waals surface area contributed by atoms with Crippen LogP contribution in [0.25, 0.3) is 0 Å². The number of nitro groups is 1. The number of hydrogen-bond acceptors (Lipinski definition) is 7. The number of carbonyl (C=O) groups excluding carboxylic acids is 2. The summed E-state index contributed by atoms with van der Waals surface area (Å²) in [5, 5.41) is 11.0. The summed E-state index contributed by atoms with van der Waals surface area (Å²) in [5.74, 6) is -0.775. The molecule has 0 spiro atoms. The van der Waals surface area contributed by atoms with Crippen molar-refractivity contribution in [2.45, 2.75) is 26.9 Å². The minimum Gasteiger partial charge on any atom is -0.472 e. The topological polar surface area (TPSA) is 105 Å². The molecule has 0 radical (unpaired) electrons. The van der Waals surface area contributed by atoms with Crippen LogP contribution in [0.5, 0.6) is 11.5 Å². The normalized spacial score (nSPS) is 11.6. The fourth-order valence-electron chi connectivity index (χ4n) is 2.13. The van der Waals surface area contributed by atoms with Crippen molar-refractivity contribution in [2.75, 3.05) is 6.61 Å². The van der Waals surface area contributed by atoms with Crippen LogP contribution in [0, 0.1) is 16.0 Å². The van der Waals surface area contributed by atoms with Crippen molar-refractivity contribution in [1.29, 1.82) is 0 Å². The van der Waals surface area contributed by atoms with Gasteiger partial charge in [0.15, 0.2) is 11.9 Å².